The van der Waals surface area contributed by atoms with Gasteiger partial charge in [-0.2, -0.15) is 0 Å². The maximum Gasteiger partial charge on any atom is 0.256 e. The Morgan fingerprint density at radius 3 is 2.58 bits per heavy atom. The summed E-state index contributed by atoms with van der Waals surface area (Å²) in [5, 5.41) is 6.02. The predicted molar refractivity (Wildman–Crippen MR) is 145 cm³/mol. The van der Waals surface area contributed by atoms with E-state index in [1.807, 2.05) is 62.4 Å². The molecule has 0 saturated carbocycles. The Bertz CT molecular complexity index is 1320. The summed E-state index contributed by atoms with van der Waals surface area (Å²) in [5.74, 6) is 0.476. The monoisotopic (exact) mass is 486 g/mol. The molecule has 2 aromatic carbocycles. The van der Waals surface area contributed by atoms with Gasteiger partial charge in [-0.3, -0.25) is 9.59 Å². The van der Waals surface area contributed by atoms with Gasteiger partial charge in [0.05, 0.1) is 18.2 Å². The number of amides is 2. The molecule has 1 aliphatic heterocycles. The Kier molecular flexibility index (Phi) is 7.60. The van der Waals surface area contributed by atoms with Gasteiger partial charge < -0.3 is 25.3 Å². The lowest BCUT2D eigenvalue weighted by Gasteiger charge is -2.18. The summed E-state index contributed by atoms with van der Waals surface area (Å²) >= 11 is 0. The van der Waals surface area contributed by atoms with Crippen LogP contribution in [0.25, 0.3) is 22.8 Å². The fourth-order valence-corrected chi connectivity index (χ4v) is 4.78. The predicted octanol–water partition coefficient (Wildman–Crippen LogP) is 4.87. The second kappa shape index (κ2) is 10.8. The van der Waals surface area contributed by atoms with Crippen molar-refractivity contribution in [2.75, 3.05) is 38.6 Å². The normalized spacial score (nSPS) is 13.7. The van der Waals surface area contributed by atoms with E-state index in [0.717, 1.165) is 64.7 Å². The molecule has 3 aromatic rings. The number of likely N-dealkylation sites (N-methyl/N-ethyl adjacent to an activating group) is 1. The van der Waals surface area contributed by atoms with Crippen LogP contribution in [-0.2, 0) is 4.79 Å². The Balaban J connectivity index is 1.68. The number of fused-ring (bicyclic) bond motifs is 1. The molecule has 188 valence electrons. The molecule has 0 bridgehead atoms. The zero-order chi connectivity index (χ0) is 25.8. The SMILES string of the molecule is CCN(CC)CCNC(=O)c1c(C)[nH]c(/C=C2\C(=O)Nc3cccc(-c4cccc(OC)c4)c32)c1C. The van der Waals surface area contributed by atoms with Crippen LogP contribution in [0.5, 0.6) is 5.75 Å². The Labute approximate surface area is 212 Å². The van der Waals surface area contributed by atoms with Crippen LogP contribution in [0.15, 0.2) is 42.5 Å². The van der Waals surface area contributed by atoms with Gasteiger partial charge in [0.2, 0.25) is 0 Å². The zero-order valence-electron chi connectivity index (χ0n) is 21.6. The topological polar surface area (TPSA) is 86.5 Å². The summed E-state index contributed by atoms with van der Waals surface area (Å²) in [6.07, 6.45) is 1.85. The molecule has 1 aliphatic rings. The number of benzene rings is 2. The van der Waals surface area contributed by atoms with Gasteiger partial charge in [0.15, 0.2) is 0 Å². The van der Waals surface area contributed by atoms with E-state index in [1.54, 1.807) is 7.11 Å². The van der Waals surface area contributed by atoms with Crippen LogP contribution in [0.1, 0.15) is 46.7 Å². The van der Waals surface area contributed by atoms with Crippen LogP contribution in [0.2, 0.25) is 0 Å². The molecule has 2 amide bonds. The van der Waals surface area contributed by atoms with Gasteiger partial charge in [-0.15, -0.1) is 0 Å². The van der Waals surface area contributed by atoms with Gasteiger partial charge in [0.1, 0.15) is 5.75 Å². The van der Waals surface area contributed by atoms with Gasteiger partial charge in [-0.25, -0.2) is 0 Å². The molecule has 0 aliphatic carbocycles. The molecular weight excluding hydrogens is 452 g/mol. The summed E-state index contributed by atoms with van der Waals surface area (Å²) in [4.78, 5) is 31.6. The molecule has 7 nitrogen and oxygen atoms in total. The summed E-state index contributed by atoms with van der Waals surface area (Å²) in [6, 6.07) is 13.6. The number of aromatic amines is 1. The highest BCUT2D eigenvalue weighted by Crippen LogP contribution is 2.41. The van der Waals surface area contributed by atoms with E-state index in [4.69, 9.17) is 4.74 Å². The van der Waals surface area contributed by atoms with E-state index in [1.165, 1.54) is 0 Å². The van der Waals surface area contributed by atoms with Crippen LogP contribution in [0.4, 0.5) is 5.69 Å². The highest BCUT2D eigenvalue weighted by Gasteiger charge is 2.28. The van der Waals surface area contributed by atoms with E-state index in [9.17, 15) is 9.59 Å². The molecule has 0 radical (unpaired) electrons. The third-order valence-electron chi connectivity index (χ3n) is 6.81. The van der Waals surface area contributed by atoms with Crippen LogP contribution in [-0.4, -0.2) is 55.0 Å². The lowest BCUT2D eigenvalue weighted by molar-refractivity contribution is -0.110. The highest BCUT2D eigenvalue weighted by molar-refractivity contribution is 6.36. The van der Waals surface area contributed by atoms with Crippen molar-refractivity contribution in [2.45, 2.75) is 27.7 Å². The first-order valence-electron chi connectivity index (χ1n) is 12.4. The van der Waals surface area contributed by atoms with Crippen molar-refractivity contribution < 1.29 is 14.3 Å². The molecule has 4 rings (SSSR count). The molecular formula is C29H34N4O3. The van der Waals surface area contributed by atoms with E-state index in [2.05, 4.69) is 34.4 Å². The zero-order valence-corrected chi connectivity index (χ0v) is 21.6. The Morgan fingerprint density at radius 1 is 1.11 bits per heavy atom. The van der Waals surface area contributed by atoms with Crippen LogP contribution in [0, 0.1) is 13.8 Å². The number of anilines is 1. The molecule has 0 saturated heterocycles. The molecule has 0 atom stereocenters. The fraction of sp³-hybridized carbons (Fsp3) is 0.310. The molecule has 1 aromatic heterocycles. The minimum absolute atomic E-state index is 0.105. The van der Waals surface area contributed by atoms with Crippen LogP contribution < -0.4 is 15.4 Å². The molecule has 0 unspecified atom stereocenters. The number of nitrogens with zero attached hydrogens (tertiary/aromatic N) is 1. The largest absolute Gasteiger partial charge is 0.497 e. The maximum absolute atomic E-state index is 13.0. The number of hydrogen-bond donors (Lipinski definition) is 3. The highest BCUT2D eigenvalue weighted by atomic mass is 16.5. The average molecular weight is 487 g/mol. The fourth-order valence-electron chi connectivity index (χ4n) is 4.78. The minimum atomic E-state index is -0.169. The molecule has 2 heterocycles. The third kappa shape index (κ3) is 4.93. The number of aryl methyl sites for hydroxylation is 1. The molecule has 7 heteroatoms. The molecule has 0 fully saturated rings. The second-order valence-corrected chi connectivity index (χ2v) is 8.92. The number of hydrogen-bond acceptors (Lipinski definition) is 4. The van der Waals surface area contributed by atoms with Crippen LogP contribution in [0.3, 0.4) is 0 Å². The average Bonchev–Trinajstić information content (AvgIpc) is 3.36. The van der Waals surface area contributed by atoms with E-state index in [-0.39, 0.29) is 11.8 Å². The van der Waals surface area contributed by atoms with Gasteiger partial charge in [0.25, 0.3) is 11.8 Å². The Hall–Kier alpha value is -3.84. The summed E-state index contributed by atoms with van der Waals surface area (Å²) in [7, 11) is 1.64. The maximum atomic E-state index is 13.0. The summed E-state index contributed by atoms with van der Waals surface area (Å²) in [5.41, 5.74) is 7.03. The first kappa shape index (κ1) is 25.3. The van der Waals surface area contributed by atoms with E-state index < -0.39 is 0 Å². The van der Waals surface area contributed by atoms with E-state index >= 15 is 0 Å². The van der Waals surface area contributed by atoms with Crippen molar-refractivity contribution in [3.63, 3.8) is 0 Å². The van der Waals surface area contributed by atoms with Gasteiger partial charge in [0, 0.05) is 35.7 Å². The van der Waals surface area contributed by atoms with Gasteiger partial charge in [-0.05, 0) is 67.9 Å². The summed E-state index contributed by atoms with van der Waals surface area (Å²) in [6.45, 7) is 11.3. The van der Waals surface area contributed by atoms with Crippen LogP contribution >= 0.6 is 0 Å². The van der Waals surface area contributed by atoms with Gasteiger partial charge >= 0.3 is 0 Å². The van der Waals surface area contributed by atoms with Crippen molar-refractivity contribution in [2.24, 2.45) is 0 Å². The second-order valence-electron chi connectivity index (χ2n) is 8.92. The Morgan fingerprint density at radius 2 is 1.86 bits per heavy atom. The number of ether oxygens (including phenoxy) is 1. The van der Waals surface area contributed by atoms with Crippen molar-refractivity contribution in [1.29, 1.82) is 0 Å². The lowest BCUT2D eigenvalue weighted by Crippen LogP contribution is -2.35. The van der Waals surface area contributed by atoms with Crippen molar-refractivity contribution >= 4 is 29.2 Å². The lowest BCUT2D eigenvalue weighted by atomic mass is 9.94. The van der Waals surface area contributed by atoms with Crippen molar-refractivity contribution in [1.82, 2.24) is 15.2 Å². The third-order valence-corrected chi connectivity index (χ3v) is 6.81. The molecule has 3 N–H and O–H groups in total. The first-order chi connectivity index (χ1) is 17.4. The number of carbonyl (C=O) groups excluding carboxylic acids is 2. The number of aromatic nitrogens is 1. The molecule has 36 heavy (non-hydrogen) atoms. The molecule has 0 spiro atoms. The summed E-state index contributed by atoms with van der Waals surface area (Å²) < 4.78 is 5.40. The van der Waals surface area contributed by atoms with E-state index in [0.29, 0.717) is 17.7 Å². The number of methoxy groups -OCH3 is 1. The number of nitrogens with one attached hydrogen (secondary N) is 3. The smallest absolute Gasteiger partial charge is 0.256 e. The number of carbonyl (C=O) groups is 2. The standard InChI is InChI=1S/C29H34N4O3/c1-6-33(7-2)15-14-30-29(35)26-18(3)25(31-19(26)4)17-23-27-22(12-9-13-24(27)32-28(23)34)20-10-8-11-21(16-20)36-5/h8-13,16-17,31H,6-7,14-15H2,1-5H3,(H,30,35)(H,32,34)/b23-17-. The number of H-pyrrole nitrogens is 1. The minimum Gasteiger partial charge on any atom is -0.497 e. The number of rotatable bonds is 9. The van der Waals surface area contributed by atoms with Crippen molar-refractivity contribution in [3.05, 3.63) is 70.5 Å². The van der Waals surface area contributed by atoms with Gasteiger partial charge in [-0.1, -0.05) is 38.1 Å². The van der Waals surface area contributed by atoms with Crippen molar-refractivity contribution in [3.8, 4) is 16.9 Å². The quantitative estimate of drug-likeness (QED) is 0.377. The first-order valence-corrected chi connectivity index (χ1v) is 12.4.